The minimum atomic E-state index is -0.184. The number of amides is 1. The van der Waals surface area contributed by atoms with Crippen molar-refractivity contribution < 1.29 is 4.79 Å². The molecule has 1 amide bonds. The van der Waals surface area contributed by atoms with E-state index in [4.69, 9.17) is 0 Å². The Morgan fingerprint density at radius 2 is 1.62 bits per heavy atom. The number of hydrogen-bond acceptors (Lipinski definition) is 4. The Labute approximate surface area is 153 Å². The molecule has 1 N–H and O–H groups in total. The average Bonchev–Trinajstić information content (AvgIpc) is 2.94. The van der Waals surface area contributed by atoms with Gasteiger partial charge in [0.15, 0.2) is 0 Å². The van der Waals surface area contributed by atoms with E-state index in [1.165, 1.54) is 5.56 Å². The van der Waals surface area contributed by atoms with E-state index in [-0.39, 0.29) is 11.3 Å². The van der Waals surface area contributed by atoms with Gasteiger partial charge in [-0.05, 0) is 37.0 Å². The SMILES string of the molecule is Cc1ncn(-c2ncc(NC(=O)c3ccc(C(C)(C)C)cc3)cn2)c1C. The summed E-state index contributed by atoms with van der Waals surface area (Å²) in [7, 11) is 0. The van der Waals surface area contributed by atoms with Crippen molar-refractivity contribution in [3.05, 3.63) is 65.5 Å². The maximum atomic E-state index is 12.4. The fourth-order valence-corrected chi connectivity index (χ4v) is 2.54. The molecule has 0 unspecified atom stereocenters. The topological polar surface area (TPSA) is 72.7 Å². The van der Waals surface area contributed by atoms with Crippen LogP contribution in [0.4, 0.5) is 5.69 Å². The Hall–Kier alpha value is -3.02. The quantitative estimate of drug-likeness (QED) is 0.780. The van der Waals surface area contributed by atoms with Crippen LogP contribution < -0.4 is 5.32 Å². The van der Waals surface area contributed by atoms with Gasteiger partial charge in [-0.1, -0.05) is 32.9 Å². The Kier molecular flexibility index (Phi) is 4.59. The lowest BCUT2D eigenvalue weighted by atomic mass is 9.87. The van der Waals surface area contributed by atoms with Gasteiger partial charge in [0.1, 0.15) is 6.33 Å². The molecule has 0 bridgehead atoms. The first-order valence-corrected chi connectivity index (χ1v) is 8.50. The molecule has 0 aliphatic rings. The number of nitrogens with zero attached hydrogens (tertiary/aromatic N) is 4. The molecule has 0 saturated heterocycles. The lowest BCUT2D eigenvalue weighted by Gasteiger charge is -2.19. The summed E-state index contributed by atoms with van der Waals surface area (Å²) in [5.41, 5.74) is 4.32. The normalized spacial score (nSPS) is 11.4. The molecule has 0 spiro atoms. The van der Waals surface area contributed by atoms with Gasteiger partial charge in [-0.25, -0.2) is 15.0 Å². The fraction of sp³-hybridized carbons (Fsp3) is 0.300. The maximum Gasteiger partial charge on any atom is 0.255 e. The number of hydrogen-bond donors (Lipinski definition) is 1. The molecule has 3 aromatic rings. The zero-order valence-corrected chi connectivity index (χ0v) is 15.7. The summed E-state index contributed by atoms with van der Waals surface area (Å²) >= 11 is 0. The molecule has 0 saturated carbocycles. The number of anilines is 1. The number of rotatable bonds is 3. The second-order valence-corrected chi connectivity index (χ2v) is 7.34. The summed E-state index contributed by atoms with van der Waals surface area (Å²) in [4.78, 5) is 25.3. The molecule has 0 radical (unpaired) electrons. The van der Waals surface area contributed by atoms with Crippen molar-refractivity contribution in [2.75, 3.05) is 5.32 Å². The molecule has 6 heteroatoms. The fourth-order valence-electron chi connectivity index (χ4n) is 2.54. The highest BCUT2D eigenvalue weighted by atomic mass is 16.1. The summed E-state index contributed by atoms with van der Waals surface area (Å²) in [6.07, 6.45) is 4.88. The van der Waals surface area contributed by atoms with E-state index in [1.54, 1.807) is 18.7 Å². The predicted molar refractivity (Wildman–Crippen MR) is 102 cm³/mol. The lowest BCUT2D eigenvalue weighted by Crippen LogP contribution is -2.15. The zero-order valence-electron chi connectivity index (χ0n) is 15.7. The third-order valence-corrected chi connectivity index (χ3v) is 4.38. The third kappa shape index (κ3) is 3.64. The van der Waals surface area contributed by atoms with E-state index >= 15 is 0 Å². The molecule has 6 nitrogen and oxygen atoms in total. The summed E-state index contributed by atoms with van der Waals surface area (Å²) in [6.45, 7) is 10.3. The van der Waals surface area contributed by atoms with Crippen LogP contribution in [0.25, 0.3) is 5.95 Å². The van der Waals surface area contributed by atoms with Gasteiger partial charge < -0.3 is 5.32 Å². The molecule has 2 aromatic heterocycles. The average molecular weight is 349 g/mol. The largest absolute Gasteiger partial charge is 0.319 e. The highest BCUT2D eigenvalue weighted by Gasteiger charge is 2.14. The van der Waals surface area contributed by atoms with E-state index in [0.29, 0.717) is 17.2 Å². The van der Waals surface area contributed by atoms with E-state index < -0.39 is 0 Å². The highest BCUT2D eigenvalue weighted by Crippen LogP contribution is 2.22. The van der Waals surface area contributed by atoms with Crippen LogP contribution in [0.15, 0.2) is 43.0 Å². The molecule has 26 heavy (non-hydrogen) atoms. The molecule has 0 fully saturated rings. The van der Waals surface area contributed by atoms with Gasteiger partial charge in [-0.2, -0.15) is 0 Å². The number of imidazole rings is 1. The summed E-state index contributed by atoms with van der Waals surface area (Å²) in [5.74, 6) is 0.340. The van der Waals surface area contributed by atoms with Crippen LogP contribution in [0.5, 0.6) is 0 Å². The van der Waals surface area contributed by atoms with Crippen LogP contribution in [0.2, 0.25) is 0 Å². The molecule has 0 aliphatic carbocycles. The van der Waals surface area contributed by atoms with Crippen molar-refractivity contribution >= 4 is 11.6 Å². The Balaban J connectivity index is 1.73. The van der Waals surface area contributed by atoms with E-state index in [9.17, 15) is 4.79 Å². The standard InChI is InChI=1S/C20H23N5O/c1-13-14(2)25(12-23-13)19-21-10-17(11-22-19)24-18(26)15-6-8-16(9-7-15)20(3,4)5/h6-12H,1-5H3,(H,24,26). The Morgan fingerprint density at radius 1 is 1.00 bits per heavy atom. The van der Waals surface area contributed by atoms with Gasteiger partial charge in [-0.15, -0.1) is 0 Å². The van der Waals surface area contributed by atoms with Crippen molar-refractivity contribution in [3.8, 4) is 5.95 Å². The van der Waals surface area contributed by atoms with Gasteiger partial charge in [0.05, 0.1) is 23.8 Å². The van der Waals surface area contributed by atoms with E-state index in [0.717, 1.165) is 11.4 Å². The second-order valence-electron chi connectivity index (χ2n) is 7.34. The molecule has 0 aliphatic heterocycles. The summed E-state index contributed by atoms with van der Waals surface area (Å²) in [5, 5.41) is 2.83. The monoisotopic (exact) mass is 349 g/mol. The van der Waals surface area contributed by atoms with Crippen molar-refractivity contribution in [2.45, 2.75) is 40.0 Å². The molecule has 3 rings (SSSR count). The van der Waals surface area contributed by atoms with Gasteiger partial charge >= 0.3 is 0 Å². The number of nitrogens with one attached hydrogen (secondary N) is 1. The molecular formula is C20H23N5O. The van der Waals surface area contributed by atoms with Crippen LogP contribution in [0, 0.1) is 13.8 Å². The molecule has 0 atom stereocenters. The Morgan fingerprint density at radius 3 is 2.12 bits per heavy atom. The van der Waals surface area contributed by atoms with Crippen LogP contribution in [0.1, 0.15) is 48.1 Å². The number of benzene rings is 1. The van der Waals surface area contributed by atoms with Crippen LogP contribution in [-0.2, 0) is 5.41 Å². The summed E-state index contributed by atoms with van der Waals surface area (Å²) < 4.78 is 1.81. The number of aryl methyl sites for hydroxylation is 1. The van der Waals surface area contributed by atoms with Crippen LogP contribution in [-0.4, -0.2) is 25.4 Å². The van der Waals surface area contributed by atoms with E-state index in [2.05, 4.69) is 41.0 Å². The highest BCUT2D eigenvalue weighted by molar-refractivity contribution is 6.04. The second kappa shape index (κ2) is 6.71. The Bertz CT molecular complexity index is 918. The van der Waals surface area contributed by atoms with Crippen LogP contribution >= 0.6 is 0 Å². The minimum absolute atomic E-state index is 0.0580. The van der Waals surface area contributed by atoms with Crippen molar-refractivity contribution in [2.24, 2.45) is 0 Å². The number of carbonyl (C=O) groups is 1. The predicted octanol–water partition coefficient (Wildman–Crippen LogP) is 3.83. The van der Waals surface area contributed by atoms with Gasteiger partial charge in [-0.3, -0.25) is 9.36 Å². The summed E-state index contributed by atoms with van der Waals surface area (Å²) in [6, 6.07) is 7.64. The van der Waals surface area contributed by atoms with E-state index in [1.807, 2.05) is 42.7 Å². The van der Waals surface area contributed by atoms with Crippen molar-refractivity contribution in [3.63, 3.8) is 0 Å². The molecular weight excluding hydrogens is 326 g/mol. The molecule has 1 aromatic carbocycles. The first kappa shape index (κ1) is 17.8. The first-order valence-electron chi connectivity index (χ1n) is 8.50. The molecule has 134 valence electrons. The third-order valence-electron chi connectivity index (χ3n) is 4.38. The van der Waals surface area contributed by atoms with Gasteiger partial charge in [0, 0.05) is 11.3 Å². The van der Waals surface area contributed by atoms with Crippen LogP contribution in [0.3, 0.4) is 0 Å². The number of aromatic nitrogens is 4. The van der Waals surface area contributed by atoms with Gasteiger partial charge in [0.2, 0.25) is 5.95 Å². The minimum Gasteiger partial charge on any atom is -0.319 e. The van der Waals surface area contributed by atoms with Crippen molar-refractivity contribution in [1.29, 1.82) is 0 Å². The zero-order chi connectivity index (χ0) is 18.9. The number of carbonyl (C=O) groups excluding carboxylic acids is 1. The smallest absolute Gasteiger partial charge is 0.255 e. The lowest BCUT2D eigenvalue weighted by molar-refractivity contribution is 0.102. The van der Waals surface area contributed by atoms with Crippen molar-refractivity contribution in [1.82, 2.24) is 19.5 Å². The molecule has 2 heterocycles. The van der Waals surface area contributed by atoms with Gasteiger partial charge in [0.25, 0.3) is 5.91 Å². The first-order chi connectivity index (χ1) is 12.3. The maximum absolute atomic E-state index is 12.4.